The van der Waals surface area contributed by atoms with Crippen LogP contribution in [-0.4, -0.2) is 36.2 Å². The number of rotatable bonds is 5. The van der Waals surface area contributed by atoms with E-state index < -0.39 is 22.8 Å². The van der Waals surface area contributed by atoms with Crippen molar-refractivity contribution >= 4 is 5.78 Å². The molecule has 182 valence electrons. The molecule has 0 spiro atoms. The van der Waals surface area contributed by atoms with E-state index in [4.69, 9.17) is 0 Å². The van der Waals surface area contributed by atoms with Crippen molar-refractivity contribution in [3.63, 3.8) is 0 Å². The van der Waals surface area contributed by atoms with Gasteiger partial charge in [0.1, 0.15) is 0 Å². The molecule has 1 aliphatic carbocycles. The number of hydrogen-bond acceptors (Lipinski definition) is 6. The summed E-state index contributed by atoms with van der Waals surface area (Å²) in [5.74, 6) is -0.0484. The van der Waals surface area contributed by atoms with Gasteiger partial charge in [0, 0.05) is 18.8 Å². The van der Waals surface area contributed by atoms with Crippen molar-refractivity contribution in [2.75, 3.05) is 0 Å². The van der Waals surface area contributed by atoms with Crippen LogP contribution >= 0.6 is 0 Å². The molecular weight excluding hydrogens is 459 g/mol. The van der Waals surface area contributed by atoms with Gasteiger partial charge < -0.3 is 5.11 Å². The van der Waals surface area contributed by atoms with Gasteiger partial charge in [0.2, 0.25) is 0 Å². The molecule has 3 aromatic rings. The maximum atomic E-state index is 12.9. The first kappa shape index (κ1) is 24.5. The highest BCUT2D eigenvalue weighted by atomic mass is 19.4. The molecule has 0 bridgehead atoms. The van der Waals surface area contributed by atoms with Gasteiger partial charge in [-0.3, -0.25) is 9.78 Å². The summed E-state index contributed by atoms with van der Waals surface area (Å²) in [7, 11) is 0. The number of aliphatic hydroxyl groups is 1. The van der Waals surface area contributed by atoms with Gasteiger partial charge >= 0.3 is 6.18 Å². The maximum Gasteiger partial charge on any atom is 0.417 e. The predicted molar refractivity (Wildman–Crippen MR) is 120 cm³/mol. The molecule has 0 atom stereocenters. The molecule has 1 N–H and O–H groups in total. The first-order valence-electron chi connectivity index (χ1n) is 11.1. The van der Waals surface area contributed by atoms with Gasteiger partial charge in [-0.25, -0.2) is 9.67 Å². The number of pyridine rings is 2. The minimum atomic E-state index is -4.49. The summed E-state index contributed by atoms with van der Waals surface area (Å²) in [6, 6.07) is 8.02. The van der Waals surface area contributed by atoms with Crippen molar-refractivity contribution in [1.29, 1.82) is 5.26 Å². The summed E-state index contributed by atoms with van der Waals surface area (Å²) in [6.07, 6.45) is 1.29. The first-order chi connectivity index (χ1) is 16.4. The van der Waals surface area contributed by atoms with E-state index in [0.717, 1.165) is 12.3 Å². The number of hydrogen-bond donors (Lipinski definition) is 1. The number of aromatic nitrogens is 4. The second-order valence-electron chi connectivity index (χ2n) is 9.30. The summed E-state index contributed by atoms with van der Waals surface area (Å²) in [6.45, 7) is 3.42. The SMILES string of the molecule is Cc1c(C(=O)Cc2ccc(C3(C#N)CCC(C)(O)CC3)nc2)cnn1-c1ccc(C(F)(F)F)cn1. The lowest BCUT2D eigenvalue weighted by atomic mass is 9.68. The normalized spacial score (nSPS) is 22.5. The Hall–Kier alpha value is -3.58. The second-order valence-corrected chi connectivity index (χ2v) is 9.30. The lowest BCUT2D eigenvalue weighted by molar-refractivity contribution is -0.137. The second kappa shape index (κ2) is 8.89. The average Bonchev–Trinajstić information content (AvgIpc) is 3.21. The minimum Gasteiger partial charge on any atom is -0.390 e. The highest BCUT2D eigenvalue weighted by Crippen LogP contribution is 2.42. The Labute approximate surface area is 200 Å². The van der Waals surface area contributed by atoms with Crippen LogP contribution in [-0.2, 0) is 18.0 Å². The Morgan fingerprint density at radius 1 is 1.11 bits per heavy atom. The number of nitriles is 1. The smallest absolute Gasteiger partial charge is 0.390 e. The number of carbonyl (C=O) groups is 1. The summed E-state index contributed by atoms with van der Waals surface area (Å²) in [5, 5.41) is 24.2. The van der Waals surface area contributed by atoms with Gasteiger partial charge in [-0.2, -0.15) is 23.5 Å². The third-order valence-corrected chi connectivity index (χ3v) is 6.68. The highest BCUT2D eigenvalue weighted by Gasteiger charge is 2.42. The molecule has 0 aliphatic heterocycles. The van der Waals surface area contributed by atoms with Gasteiger partial charge in [0.25, 0.3) is 0 Å². The summed E-state index contributed by atoms with van der Waals surface area (Å²) in [5.41, 5.74) is -0.306. The zero-order valence-electron chi connectivity index (χ0n) is 19.3. The number of nitrogens with zero attached hydrogens (tertiary/aromatic N) is 5. The number of ketones is 1. The molecule has 10 heteroatoms. The third kappa shape index (κ3) is 4.95. The van der Waals surface area contributed by atoms with Gasteiger partial charge in [-0.1, -0.05) is 6.07 Å². The van der Waals surface area contributed by atoms with Crippen molar-refractivity contribution in [2.45, 2.75) is 63.1 Å². The lowest BCUT2D eigenvalue weighted by Crippen LogP contribution is -2.39. The third-order valence-electron chi connectivity index (χ3n) is 6.68. The Morgan fingerprint density at radius 2 is 1.83 bits per heavy atom. The summed E-state index contributed by atoms with van der Waals surface area (Å²) < 4.78 is 39.7. The monoisotopic (exact) mass is 483 g/mol. The van der Waals surface area contributed by atoms with Crippen LogP contribution in [0.25, 0.3) is 5.82 Å². The van der Waals surface area contributed by atoms with Crippen LogP contribution in [0.4, 0.5) is 13.2 Å². The molecule has 1 saturated carbocycles. The van der Waals surface area contributed by atoms with E-state index in [2.05, 4.69) is 21.1 Å². The van der Waals surface area contributed by atoms with E-state index in [-0.39, 0.29) is 18.0 Å². The van der Waals surface area contributed by atoms with E-state index in [1.54, 1.807) is 32.2 Å². The van der Waals surface area contributed by atoms with Crippen molar-refractivity contribution in [1.82, 2.24) is 19.7 Å². The predicted octanol–water partition coefficient (Wildman–Crippen LogP) is 4.50. The number of Topliss-reactive ketones (excluding diaryl/α,β-unsaturated/α-hetero) is 1. The van der Waals surface area contributed by atoms with Crippen LogP contribution in [0.2, 0.25) is 0 Å². The largest absolute Gasteiger partial charge is 0.417 e. The Morgan fingerprint density at radius 3 is 2.37 bits per heavy atom. The molecule has 4 rings (SSSR count). The van der Waals surface area contributed by atoms with E-state index in [1.807, 2.05) is 0 Å². The minimum absolute atomic E-state index is 0.0501. The molecule has 3 aromatic heterocycles. The molecule has 0 saturated heterocycles. The van der Waals surface area contributed by atoms with E-state index >= 15 is 0 Å². The summed E-state index contributed by atoms with van der Waals surface area (Å²) >= 11 is 0. The maximum absolute atomic E-state index is 12.9. The highest BCUT2D eigenvalue weighted by molar-refractivity contribution is 5.98. The number of carbonyl (C=O) groups excluding carboxylic acids is 1. The van der Waals surface area contributed by atoms with Crippen molar-refractivity contribution in [2.24, 2.45) is 0 Å². The first-order valence-corrected chi connectivity index (χ1v) is 11.1. The molecule has 35 heavy (non-hydrogen) atoms. The molecule has 0 radical (unpaired) electrons. The zero-order valence-corrected chi connectivity index (χ0v) is 19.3. The Bertz CT molecular complexity index is 1260. The molecule has 0 aromatic carbocycles. The topological polar surface area (TPSA) is 105 Å². The van der Waals surface area contributed by atoms with Crippen LogP contribution in [0.5, 0.6) is 0 Å². The van der Waals surface area contributed by atoms with Crippen LogP contribution < -0.4 is 0 Å². The molecule has 3 heterocycles. The van der Waals surface area contributed by atoms with Crippen LogP contribution in [0.15, 0.2) is 42.9 Å². The lowest BCUT2D eigenvalue weighted by Gasteiger charge is -2.37. The quantitative estimate of drug-likeness (QED) is 0.536. The van der Waals surface area contributed by atoms with E-state index in [1.165, 1.54) is 16.9 Å². The molecule has 0 unspecified atom stereocenters. The fourth-order valence-electron chi connectivity index (χ4n) is 4.33. The molecular formula is C25H24F3N5O2. The van der Waals surface area contributed by atoms with Crippen molar-refractivity contribution < 1.29 is 23.1 Å². The number of halogens is 3. The fourth-order valence-corrected chi connectivity index (χ4v) is 4.33. The fraction of sp³-hybridized carbons (Fsp3) is 0.400. The number of alkyl halides is 3. The van der Waals surface area contributed by atoms with Crippen molar-refractivity contribution in [3.8, 4) is 11.9 Å². The van der Waals surface area contributed by atoms with Gasteiger partial charge in [-0.05, 0) is 63.3 Å². The Kier molecular flexibility index (Phi) is 6.23. The van der Waals surface area contributed by atoms with Crippen LogP contribution in [0.1, 0.15) is 65.5 Å². The van der Waals surface area contributed by atoms with Gasteiger partial charge in [0.15, 0.2) is 11.6 Å². The molecule has 1 fully saturated rings. The average molecular weight is 483 g/mol. The standard InChI is InChI=1S/C25H24F3N5O2/c1-16-19(14-32-33(16)22-6-4-18(13-31-22)25(26,27)28)20(34)11-17-3-5-21(30-12-17)24(15-29)9-7-23(2,35)8-10-24/h3-6,12-14,35H,7-11H2,1-2H3. The summed E-state index contributed by atoms with van der Waals surface area (Å²) in [4.78, 5) is 21.2. The zero-order chi connectivity index (χ0) is 25.4. The van der Waals surface area contributed by atoms with E-state index in [9.17, 15) is 28.3 Å². The van der Waals surface area contributed by atoms with Crippen LogP contribution in [0.3, 0.4) is 0 Å². The van der Waals surface area contributed by atoms with Crippen molar-refractivity contribution in [3.05, 3.63) is 70.9 Å². The molecule has 0 amide bonds. The molecule has 7 nitrogen and oxygen atoms in total. The van der Waals surface area contributed by atoms with Gasteiger partial charge in [0.05, 0.1) is 45.8 Å². The van der Waals surface area contributed by atoms with E-state index in [0.29, 0.717) is 48.2 Å². The van der Waals surface area contributed by atoms with Gasteiger partial charge in [-0.15, -0.1) is 0 Å². The Balaban J connectivity index is 1.48. The van der Waals surface area contributed by atoms with Crippen LogP contribution in [0, 0.1) is 18.3 Å². The molecule has 1 aliphatic rings.